The van der Waals surface area contributed by atoms with Crippen molar-refractivity contribution in [3.8, 4) is 0 Å². The lowest BCUT2D eigenvalue weighted by molar-refractivity contribution is -0.121. The number of hydrogen-bond donors (Lipinski definition) is 1. The minimum Gasteiger partial charge on any atom is -0.466 e. The number of aryl methyl sites for hydroxylation is 3. The van der Waals surface area contributed by atoms with Gasteiger partial charge in [-0.25, -0.2) is 0 Å². The van der Waals surface area contributed by atoms with Gasteiger partial charge < -0.3 is 9.73 Å². The van der Waals surface area contributed by atoms with Crippen molar-refractivity contribution in [1.82, 2.24) is 15.1 Å². The molecule has 0 saturated carbocycles. The lowest BCUT2D eigenvalue weighted by Gasteiger charge is -2.34. The molecule has 0 fully saturated rings. The lowest BCUT2D eigenvalue weighted by atomic mass is 9.74. The number of furan rings is 1. The summed E-state index contributed by atoms with van der Waals surface area (Å²) >= 11 is 0. The first-order valence-electron chi connectivity index (χ1n) is 8.54. The highest BCUT2D eigenvalue weighted by Gasteiger charge is 2.35. The van der Waals surface area contributed by atoms with Crippen LogP contribution in [0.3, 0.4) is 0 Å². The summed E-state index contributed by atoms with van der Waals surface area (Å²) in [7, 11) is 1.91. The molecule has 0 saturated heterocycles. The maximum Gasteiger partial charge on any atom is 0.225 e. The fourth-order valence-corrected chi connectivity index (χ4v) is 3.79. The summed E-state index contributed by atoms with van der Waals surface area (Å²) in [4.78, 5) is 12.6. The fourth-order valence-electron chi connectivity index (χ4n) is 3.79. The Hall–Kier alpha value is -2.04. The predicted octanol–water partition coefficient (Wildman–Crippen LogP) is 3.31. The quantitative estimate of drug-likeness (QED) is 0.940. The van der Waals surface area contributed by atoms with Crippen molar-refractivity contribution in [3.63, 3.8) is 0 Å². The average molecular weight is 329 g/mol. The molecule has 5 heteroatoms. The Morgan fingerprint density at radius 3 is 2.75 bits per heavy atom. The Labute approximate surface area is 143 Å². The van der Waals surface area contributed by atoms with Gasteiger partial charge >= 0.3 is 0 Å². The molecule has 1 aliphatic carbocycles. The first-order valence-corrected chi connectivity index (χ1v) is 8.54. The Kier molecular flexibility index (Phi) is 4.06. The molecule has 24 heavy (non-hydrogen) atoms. The van der Waals surface area contributed by atoms with Crippen LogP contribution in [0.2, 0.25) is 0 Å². The molecule has 0 aromatic carbocycles. The topological polar surface area (TPSA) is 60.1 Å². The summed E-state index contributed by atoms with van der Waals surface area (Å²) in [6, 6.07) is 2.08. The molecule has 0 aliphatic heterocycles. The van der Waals surface area contributed by atoms with Crippen LogP contribution in [0.15, 0.2) is 10.5 Å². The van der Waals surface area contributed by atoms with Crippen LogP contribution >= 0.6 is 0 Å². The average Bonchev–Trinajstić information content (AvgIpc) is 2.92. The molecule has 2 aromatic heterocycles. The molecule has 0 bridgehead atoms. The van der Waals surface area contributed by atoms with E-state index in [1.54, 1.807) is 0 Å². The SMILES string of the molecule is Cc1cc2c(o1)CC(C)(C)CC2NC(=O)Cc1c(C)nn(C)c1C. The summed E-state index contributed by atoms with van der Waals surface area (Å²) in [5.74, 6) is 1.97. The van der Waals surface area contributed by atoms with E-state index in [0.29, 0.717) is 6.42 Å². The van der Waals surface area contributed by atoms with Crippen molar-refractivity contribution in [2.45, 2.75) is 59.9 Å². The second-order valence-electron chi connectivity index (χ2n) is 7.85. The maximum absolute atomic E-state index is 12.6. The van der Waals surface area contributed by atoms with E-state index in [1.165, 1.54) is 0 Å². The molecule has 0 radical (unpaired) electrons. The van der Waals surface area contributed by atoms with Gasteiger partial charge in [0.15, 0.2) is 0 Å². The standard InChI is InChI=1S/C19H27N3O2/c1-11-7-15-16(9-19(4,5)10-17(15)24-11)20-18(23)8-14-12(2)21-22(6)13(14)3/h7,16H,8-10H2,1-6H3,(H,20,23). The molecule has 1 amide bonds. The molecule has 2 heterocycles. The van der Waals surface area contributed by atoms with E-state index >= 15 is 0 Å². The van der Waals surface area contributed by atoms with E-state index in [9.17, 15) is 4.79 Å². The highest BCUT2D eigenvalue weighted by Crippen LogP contribution is 2.42. The van der Waals surface area contributed by atoms with E-state index in [0.717, 1.165) is 46.9 Å². The second-order valence-corrected chi connectivity index (χ2v) is 7.85. The summed E-state index contributed by atoms with van der Waals surface area (Å²) < 4.78 is 7.68. The predicted molar refractivity (Wildman–Crippen MR) is 92.8 cm³/mol. The van der Waals surface area contributed by atoms with Crippen molar-refractivity contribution in [2.75, 3.05) is 0 Å². The third-order valence-electron chi connectivity index (χ3n) is 5.07. The first kappa shape index (κ1) is 16.8. The van der Waals surface area contributed by atoms with Crippen LogP contribution in [0.25, 0.3) is 0 Å². The summed E-state index contributed by atoms with van der Waals surface area (Å²) in [5, 5.41) is 7.61. The zero-order valence-corrected chi connectivity index (χ0v) is 15.5. The molecule has 1 N–H and O–H groups in total. The molecule has 1 atom stereocenters. The third kappa shape index (κ3) is 3.12. The number of nitrogens with zero attached hydrogens (tertiary/aromatic N) is 2. The van der Waals surface area contributed by atoms with Crippen molar-refractivity contribution >= 4 is 5.91 Å². The number of amides is 1. The van der Waals surface area contributed by atoms with Gasteiger partial charge in [0.25, 0.3) is 0 Å². The third-order valence-corrected chi connectivity index (χ3v) is 5.07. The second kappa shape index (κ2) is 5.80. The smallest absolute Gasteiger partial charge is 0.225 e. The van der Waals surface area contributed by atoms with Gasteiger partial charge in [-0.3, -0.25) is 9.48 Å². The minimum atomic E-state index is 0.0194. The number of fused-ring (bicyclic) bond motifs is 1. The van der Waals surface area contributed by atoms with Crippen LogP contribution in [-0.4, -0.2) is 15.7 Å². The lowest BCUT2D eigenvalue weighted by Crippen LogP contribution is -2.36. The normalized spacial score (nSPS) is 19.2. The van der Waals surface area contributed by atoms with Crippen molar-refractivity contribution in [3.05, 3.63) is 40.1 Å². The fraction of sp³-hybridized carbons (Fsp3) is 0.579. The van der Waals surface area contributed by atoms with Gasteiger partial charge in [0.1, 0.15) is 11.5 Å². The van der Waals surface area contributed by atoms with Gasteiger partial charge in [-0.15, -0.1) is 0 Å². The molecule has 3 rings (SSSR count). The van der Waals surface area contributed by atoms with E-state index in [2.05, 4.69) is 30.3 Å². The van der Waals surface area contributed by atoms with Gasteiger partial charge in [0.05, 0.1) is 18.2 Å². The van der Waals surface area contributed by atoms with Crippen LogP contribution in [0.5, 0.6) is 0 Å². The number of hydrogen-bond acceptors (Lipinski definition) is 3. The molecule has 2 aromatic rings. The van der Waals surface area contributed by atoms with Gasteiger partial charge in [-0.2, -0.15) is 5.10 Å². The van der Waals surface area contributed by atoms with E-state index in [-0.39, 0.29) is 17.4 Å². The molecular weight excluding hydrogens is 302 g/mol. The Bertz CT molecular complexity index is 783. The number of aromatic nitrogens is 2. The summed E-state index contributed by atoms with van der Waals surface area (Å²) in [6.07, 6.45) is 2.22. The molecule has 1 unspecified atom stereocenters. The molecule has 0 spiro atoms. The van der Waals surface area contributed by atoms with Gasteiger partial charge in [-0.1, -0.05) is 13.8 Å². The number of rotatable bonds is 3. The van der Waals surface area contributed by atoms with Crippen molar-refractivity contribution < 1.29 is 9.21 Å². The number of carbonyl (C=O) groups excluding carboxylic acids is 1. The van der Waals surface area contributed by atoms with E-state index in [4.69, 9.17) is 4.42 Å². The summed E-state index contributed by atoms with van der Waals surface area (Å²) in [5.41, 5.74) is 4.25. The van der Waals surface area contributed by atoms with Crippen LogP contribution in [-0.2, 0) is 24.7 Å². The van der Waals surface area contributed by atoms with Crippen LogP contribution in [0.1, 0.15) is 60.3 Å². The van der Waals surface area contributed by atoms with E-state index in [1.807, 2.05) is 32.5 Å². The van der Waals surface area contributed by atoms with Crippen LogP contribution in [0, 0.1) is 26.2 Å². The monoisotopic (exact) mass is 329 g/mol. The largest absolute Gasteiger partial charge is 0.466 e. The number of nitrogens with one attached hydrogen (secondary N) is 1. The zero-order chi connectivity index (χ0) is 17.6. The Morgan fingerprint density at radius 1 is 1.42 bits per heavy atom. The molecule has 130 valence electrons. The first-order chi connectivity index (χ1) is 11.2. The minimum absolute atomic E-state index is 0.0194. The van der Waals surface area contributed by atoms with E-state index < -0.39 is 0 Å². The van der Waals surface area contributed by atoms with Crippen LogP contribution < -0.4 is 5.32 Å². The number of carbonyl (C=O) groups is 1. The summed E-state index contributed by atoms with van der Waals surface area (Å²) in [6.45, 7) is 10.4. The molecule has 5 nitrogen and oxygen atoms in total. The van der Waals surface area contributed by atoms with Gasteiger partial charge in [-0.05, 0) is 38.7 Å². The maximum atomic E-state index is 12.6. The zero-order valence-electron chi connectivity index (χ0n) is 15.5. The Balaban J connectivity index is 1.79. The molecular formula is C19H27N3O2. The van der Waals surface area contributed by atoms with Crippen molar-refractivity contribution in [2.24, 2.45) is 12.5 Å². The molecule has 1 aliphatic rings. The van der Waals surface area contributed by atoms with Crippen molar-refractivity contribution in [1.29, 1.82) is 0 Å². The Morgan fingerprint density at radius 2 is 2.12 bits per heavy atom. The van der Waals surface area contributed by atoms with Gasteiger partial charge in [0, 0.05) is 30.3 Å². The highest BCUT2D eigenvalue weighted by atomic mass is 16.3. The highest BCUT2D eigenvalue weighted by molar-refractivity contribution is 5.79. The van der Waals surface area contributed by atoms with Gasteiger partial charge in [0.2, 0.25) is 5.91 Å². The van der Waals surface area contributed by atoms with Crippen LogP contribution in [0.4, 0.5) is 0 Å².